The van der Waals surface area contributed by atoms with Gasteiger partial charge in [-0.05, 0) is 34.7 Å². The van der Waals surface area contributed by atoms with Gasteiger partial charge in [-0.25, -0.2) is 4.79 Å². The number of esters is 1. The Morgan fingerprint density at radius 1 is 1.44 bits per heavy atom. The first-order valence-corrected chi connectivity index (χ1v) is 5.69. The van der Waals surface area contributed by atoms with E-state index in [0.717, 1.165) is 14.8 Å². The summed E-state index contributed by atoms with van der Waals surface area (Å²) in [4.78, 5) is 11.2. The summed E-state index contributed by atoms with van der Waals surface area (Å²) in [5.74, 6) is -0.412. The van der Waals surface area contributed by atoms with Crippen LogP contribution in [0.3, 0.4) is 0 Å². The zero-order valence-corrected chi connectivity index (χ0v) is 10.7. The first kappa shape index (κ1) is 11.1. The quantitative estimate of drug-likeness (QED) is 0.681. The minimum atomic E-state index is -0.412. The molecule has 0 bridgehead atoms. The predicted octanol–water partition coefficient (Wildman–Crippen LogP) is 2.47. The number of carbonyl (C=O) groups is 1. The summed E-state index contributed by atoms with van der Waals surface area (Å²) < 4.78 is 5.69. The topological polar surface area (TPSA) is 55.0 Å². The van der Waals surface area contributed by atoms with Gasteiger partial charge in [-0.15, -0.1) is 0 Å². The fourth-order valence-corrected chi connectivity index (χ4v) is 2.01. The van der Waals surface area contributed by atoms with E-state index in [1.54, 1.807) is 6.07 Å². The van der Waals surface area contributed by atoms with Crippen molar-refractivity contribution in [1.82, 2.24) is 10.2 Å². The van der Waals surface area contributed by atoms with Crippen molar-refractivity contribution in [2.24, 2.45) is 0 Å². The third-order valence-electron chi connectivity index (χ3n) is 2.13. The molecule has 0 fully saturated rings. The van der Waals surface area contributed by atoms with Gasteiger partial charge in [0.05, 0.1) is 12.8 Å². The van der Waals surface area contributed by atoms with E-state index in [1.165, 1.54) is 7.11 Å². The summed E-state index contributed by atoms with van der Waals surface area (Å²) in [7, 11) is 1.34. The van der Waals surface area contributed by atoms with Crippen molar-refractivity contribution in [2.45, 2.75) is 0 Å². The Hall–Kier alpha value is -1.37. The molecule has 0 amide bonds. The van der Waals surface area contributed by atoms with Crippen LogP contribution in [0.2, 0.25) is 0 Å². The fraction of sp³-hybridized carbons (Fsp3) is 0.0909. The van der Waals surface area contributed by atoms with Gasteiger partial charge in [0.1, 0.15) is 5.69 Å². The number of rotatable bonds is 2. The van der Waals surface area contributed by atoms with Gasteiger partial charge in [-0.3, -0.25) is 5.10 Å². The molecule has 0 aliphatic rings. The van der Waals surface area contributed by atoms with Crippen LogP contribution >= 0.6 is 22.6 Å². The molecule has 0 saturated heterocycles. The number of methoxy groups -OCH3 is 1. The molecule has 2 rings (SSSR count). The van der Waals surface area contributed by atoms with Crippen LogP contribution < -0.4 is 0 Å². The number of halogens is 1. The molecular formula is C11H9IN2O2. The SMILES string of the molecule is COC(=O)c1cc(-c2ccccc2I)n[nH]1. The van der Waals surface area contributed by atoms with Crippen molar-refractivity contribution < 1.29 is 9.53 Å². The maximum Gasteiger partial charge on any atom is 0.356 e. The number of aromatic nitrogens is 2. The van der Waals surface area contributed by atoms with Crippen LogP contribution in [0.4, 0.5) is 0 Å². The van der Waals surface area contributed by atoms with Crippen molar-refractivity contribution in [1.29, 1.82) is 0 Å². The molecule has 0 saturated carbocycles. The highest BCUT2D eigenvalue weighted by molar-refractivity contribution is 14.1. The van der Waals surface area contributed by atoms with E-state index in [4.69, 9.17) is 0 Å². The number of hydrogen-bond donors (Lipinski definition) is 1. The zero-order valence-electron chi connectivity index (χ0n) is 8.53. The molecule has 0 radical (unpaired) electrons. The molecular weight excluding hydrogens is 319 g/mol. The number of H-pyrrole nitrogens is 1. The number of ether oxygens (including phenoxy) is 1. The summed E-state index contributed by atoms with van der Waals surface area (Å²) in [5.41, 5.74) is 2.09. The van der Waals surface area contributed by atoms with Crippen LogP contribution in [-0.2, 0) is 4.74 Å². The minimum absolute atomic E-state index is 0.358. The second-order valence-corrected chi connectivity index (χ2v) is 4.30. The summed E-state index contributed by atoms with van der Waals surface area (Å²) in [6, 6.07) is 9.52. The van der Waals surface area contributed by atoms with Gasteiger partial charge >= 0.3 is 5.97 Å². The maximum absolute atomic E-state index is 11.2. The van der Waals surface area contributed by atoms with Crippen LogP contribution in [0.5, 0.6) is 0 Å². The predicted molar refractivity (Wildman–Crippen MR) is 68.1 cm³/mol. The highest BCUT2D eigenvalue weighted by Crippen LogP contribution is 2.23. The second-order valence-electron chi connectivity index (χ2n) is 3.14. The maximum atomic E-state index is 11.2. The fourth-order valence-electron chi connectivity index (χ4n) is 1.34. The Kier molecular flexibility index (Phi) is 3.23. The lowest BCUT2D eigenvalue weighted by molar-refractivity contribution is 0.0594. The van der Waals surface area contributed by atoms with E-state index < -0.39 is 5.97 Å². The van der Waals surface area contributed by atoms with Gasteiger partial charge in [0, 0.05) is 9.13 Å². The van der Waals surface area contributed by atoms with Crippen LogP contribution in [0.1, 0.15) is 10.5 Å². The average molecular weight is 328 g/mol. The molecule has 0 aliphatic heterocycles. The van der Waals surface area contributed by atoms with Crippen molar-refractivity contribution in [3.05, 3.63) is 39.6 Å². The summed E-state index contributed by atoms with van der Waals surface area (Å²) in [5, 5.41) is 6.74. The molecule has 4 nitrogen and oxygen atoms in total. The summed E-state index contributed by atoms with van der Waals surface area (Å²) >= 11 is 2.23. The third kappa shape index (κ3) is 2.08. The van der Waals surface area contributed by atoms with E-state index in [-0.39, 0.29) is 0 Å². The van der Waals surface area contributed by atoms with E-state index in [0.29, 0.717) is 5.69 Å². The van der Waals surface area contributed by atoms with Gasteiger partial charge in [-0.1, -0.05) is 18.2 Å². The summed E-state index contributed by atoms with van der Waals surface area (Å²) in [6.45, 7) is 0. The second kappa shape index (κ2) is 4.65. The van der Waals surface area contributed by atoms with Crippen LogP contribution in [0, 0.1) is 3.57 Å². The largest absolute Gasteiger partial charge is 0.464 e. The van der Waals surface area contributed by atoms with Crippen molar-refractivity contribution in [3.63, 3.8) is 0 Å². The van der Waals surface area contributed by atoms with Crippen LogP contribution in [0.15, 0.2) is 30.3 Å². The Labute approximate surface area is 106 Å². The van der Waals surface area contributed by atoms with Crippen molar-refractivity contribution in [2.75, 3.05) is 7.11 Å². The highest BCUT2D eigenvalue weighted by Gasteiger charge is 2.12. The highest BCUT2D eigenvalue weighted by atomic mass is 127. The Bertz CT molecular complexity index is 522. The van der Waals surface area contributed by atoms with E-state index in [9.17, 15) is 4.79 Å². The number of nitrogens with zero attached hydrogens (tertiary/aromatic N) is 1. The molecule has 16 heavy (non-hydrogen) atoms. The van der Waals surface area contributed by atoms with Gasteiger partial charge in [0.25, 0.3) is 0 Å². The van der Waals surface area contributed by atoms with Gasteiger partial charge < -0.3 is 4.74 Å². The van der Waals surface area contributed by atoms with Crippen molar-refractivity contribution >= 4 is 28.6 Å². The molecule has 2 aromatic rings. The zero-order chi connectivity index (χ0) is 11.5. The summed E-state index contributed by atoms with van der Waals surface area (Å²) in [6.07, 6.45) is 0. The molecule has 5 heteroatoms. The molecule has 0 aliphatic carbocycles. The van der Waals surface area contributed by atoms with Gasteiger partial charge in [-0.2, -0.15) is 5.10 Å². The van der Waals surface area contributed by atoms with Crippen LogP contribution in [-0.4, -0.2) is 23.3 Å². The molecule has 0 atom stereocenters. The molecule has 0 unspecified atom stereocenters. The van der Waals surface area contributed by atoms with E-state index in [2.05, 4.69) is 37.5 Å². The standard InChI is InChI=1S/C11H9IN2O2/c1-16-11(15)10-6-9(13-14-10)7-4-2-3-5-8(7)12/h2-6H,1H3,(H,13,14). The lowest BCUT2D eigenvalue weighted by atomic mass is 10.1. The smallest absolute Gasteiger partial charge is 0.356 e. The first-order valence-electron chi connectivity index (χ1n) is 4.61. The third-order valence-corrected chi connectivity index (χ3v) is 3.07. The van der Waals surface area contributed by atoms with E-state index in [1.807, 2.05) is 24.3 Å². The number of carbonyl (C=O) groups excluding carboxylic acids is 1. The Morgan fingerprint density at radius 2 is 2.19 bits per heavy atom. The molecule has 1 N–H and O–H groups in total. The number of benzene rings is 1. The monoisotopic (exact) mass is 328 g/mol. The molecule has 1 heterocycles. The molecule has 1 aromatic heterocycles. The lowest BCUT2D eigenvalue weighted by Gasteiger charge is -1.98. The Balaban J connectivity index is 2.39. The first-order chi connectivity index (χ1) is 7.72. The normalized spacial score (nSPS) is 10.1. The molecule has 82 valence electrons. The lowest BCUT2D eigenvalue weighted by Crippen LogP contribution is -2.00. The molecule has 0 spiro atoms. The Morgan fingerprint density at radius 3 is 2.88 bits per heavy atom. The number of aromatic amines is 1. The van der Waals surface area contributed by atoms with E-state index >= 15 is 0 Å². The van der Waals surface area contributed by atoms with Gasteiger partial charge in [0.15, 0.2) is 0 Å². The van der Waals surface area contributed by atoms with Crippen molar-refractivity contribution in [3.8, 4) is 11.3 Å². The molecule has 1 aromatic carbocycles. The number of hydrogen-bond acceptors (Lipinski definition) is 3. The minimum Gasteiger partial charge on any atom is -0.464 e. The van der Waals surface area contributed by atoms with Gasteiger partial charge in [0.2, 0.25) is 0 Å². The van der Waals surface area contributed by atoms with Crippen LogP contribution in [0.25, 0.3) is 11.3 Å². The number of nitrogens with one attached hydrogen (secondary N) is 1. The average Bonchev–Trinajstić information content (AvgIpc) is 2.78.